The first-order valence-electron chi connectivity index (χ1n) is 9.96. The highest BCUT2D eigenvalue weighted by Gasteiger charge is 2.16. The fourth-order valence-electron chi connectivity index (χ4n) is 3.32. The van der Waals surface area contributed by atoms with Crippen LogP contribution in [0.1, 0.15) is 26.4 Å². The second-order valence-electron chi connectivity index (χ2n) is 7.08. The van der Waals surface area contributed by atoms with Gasteiger partial charge in [-0.05, 0) is 36.4 Å². The average Bonchev–Trinajstić information content (AvgIpc) is 2.83. The maximum Gasteiger partial charge on any atom is 0.360 e. The van der Waals surface area contributed by atoms with E-state index in [0.29, 0.717) is 33.5 Å². The molecule has 166 valence electrons. The smallest absolute Gasteiger partial charge is 0.360 e. The van der Waals surface area contributed by atoms with Crippen LogP contribution < -0.4 is 26.7 Å². The summed E-state index contributed by atoms with van der Waals surface area (Å²) in [5.74, 6) is -0.589. The average molecular weight is 444 g/mol. The van der Waals surface area contributed by atoms with Crippen molar-refractivity contribution in [2.75, 3.05) is 17.7 Å². The standard InChI is InChI=1S/C24H20N4O5/c1-32-16-9-8-14-11-19(24(31)33-20(14)12-16)28-23(30)17-6-2-3-7-18(17)27-13-15-5-4-10-26-21(15)22(25)29/h2-12,27H,13H2,1H3,(H2,25,29)(H,28,30). The van der Waals surface area contributed by atoms with Crippen LogP contribution in [0.4, 0.5) is 11.4 Å². The van der Waals surface area contributed by atoms with E-state index in [1.54, 1.807) is 60.7 Å². The fourth-order valence-corrected chi connectivity index (χ4v) is 3.32. The molecule has 0 aliphatic rings. The molecule has 0 saturated carbocycles. The molecule has 0 saturated heterocycles. The largest absolute Gasteiger partial charge is 0.497 e. The van der Waals surface area contributed by atoms with Crippen LogP contribution in [-0.2, 0) is 6.54 Å². The number of primary amides is 1. The first-order chi connectivity index (χ1) is 16.0. The van der Waals surface area contributed by atoms with Crippen LogP contribution in [0.15, 0.2) is 76.1 Å². The van der Waals surface area contributed by atoms with E-state index in [2.05, 4.69) is 15.6 Å². The van der Waals surface area contributed by atoms with E-state index in [0.717, 1.165) is 0 Å². The highest BCUT2D eigenvalue weighted by atomic mass is 16.5. The van der Waals surface area contributed by atoms with Gasteiger partial charge in [0.15, 0.2) is 0 Å². The summed E-state index contributed by atoms with van der Waals surface area (Å²) in [5, 5.41) is 6.37. The number of nitrogens with one attached hydrogen (secondary N) is 2. The van der Waals surface area contributed by atoms with E-state index in [4.69, 9.17) is 14.9 Å². The van der Waals surface area contributed by atoms with Crippen molar-refractivity contribution in [1.82, 2.24) is 4.98 Å². The maximum atomic E-state index is 13.0. The van der Waals surface area contributed by atoms with Gasteiger partial charge in [-0.15, -0.1) is 0 Å². The van der Waals surface area contributed by atoms with Crippen LogP contribution in [0.3, 0.4) is 0 Å². The summed E-state index contributed by atoms with van der Waals surface area (Å²) in [6.07, 6.45) is 1.48. The maximum absolute atomic E-state index is 13.0. The van der Waals surface area contributed by atoms with Gasteiger partial charge in [0.05, 0.1) is 12.7 Å². The first kappa shape index (κ1) is 21.6. The van der Waals surface area contributed by atoms with Crippen molar-refractivity contribution in [2.24, 2.45) is 5.73 Å². The summed E-state index contributed by atoms with van der Waals surface area (Å²) in [6.45, 7) is 0.219. The van der Waals surface area contributed by atoms with E-state index >= 15 is 0 Å². The van der Waals surface area contributed by atoms with Crippen molar-refractivity contribution in [3.05, 3.63) is 94.1 Å². The number of aromatic nitrogens is 1. The van der Waals surface area contributed by atoms with Crippen molar-refractivity contribution in [3.63, 3.8) is 0 Å². The van der Waals surface area contributed by atoms with Crippen LogP contribution in [0.2, 0.25) is 0 Å². The van der Waals surface area contributed by atoms with Gasteiger partial charge in [0.1, 0.15) is 22.7 Å². The first-order valence-corrected chi connectivity index (χ1v) is 9.96. The number of nitrogens with two attached hydrogens (primary N) is 1. The summed E-state index contributed by atoms with van der Waals surface area (Å²) in [6, 6.07) is 16.8. The van der Waals surface area contributed by atoms with Crippen LogP contribution in [0.5, 0.6) is 5.75 Å². The molecule has 2 aromatic carbocycles. The number of carbonyl (C=O) groups is 2. The van der Waals surface area contributed by atoms with Gasteiger partial charge in [-0.25, -0.2) is 4.79 Å². The van der Waals surface area contributed by atoms with Gasteiger partial charge in [0, 0.05) is 35.4 Å². The Labute approximate surface area is 188 Å². The molecule has 0 radical (unpaired) electrons. The minimum Gasteiger partial charge on any atom is -0.497 e. The lowest BCUT2D eigenvalue weighted by Gasteiger charge is -2.13. The highest BCUT2D eigenvalue weighted by Crippen LogP contribution is 2.23. The Morgan fingerprint density at radius 3 is 2.67 bits per heavy atom. The third kappa shape index (κ3) is 4.67. The van der Waals surface area contributed by atoms with Gasteiger partial charge >= 0.3 is 5.63 Å². The fraction of sp³-hybridized carbons (Fsp3) is 0.0833. The van der Waals surface area contributed by atoms with Gasteiger partial charge < -0.3 is 25.5 Å². The van der Waals surface area contributed by atoms with E-state index < -0.39 is 17.4 Å². The van der Waals surface area contributed by atoms with E-state index in [1.165, 1.54) is 13.3 Å². The zero-order valence-electron chi connectivity index (χ0n) is 17.6. The predicted molar refractivity (Wildman–Crippen MR) is 124 cm³/mol. The minimum absolute atomic E-state index is 0.00995. The Bertz CT molecular complexity index is 1410. The molecule has 9 heteroatoms. The van der Waals surface area contributed by atoms with Gasteiger partial charge in [-0.1, -0.05) is 18.2 Å². The minimum atomic E-state index is -0.684. The molecular weight excluding hydrogens is 424 g/mol. The van der Waals surface area contributed by atoms with Crippen molar-refractivity contribution < 1.29 is 18.7 Å². The number of rotatable bonds is 7. The number of hydrogen-bond acceptors (Lipinski definition) is 7. The molecule has 33 heavy (non-hydrogen) atoms. The second-order valence-corrected chi connectivity index (χ2v) is 7.08. The summed E-state index contributed by atoms with van der Waals surface area (Å²) in [7, 11) is 1.52. The molecule has 0 spiro atoms. The summed E-state index contributed by atoms with van der Waals surface area (Å²) < 4.78 is 10.5. The predicted octanol–water partition coefficient (Wildman–Crippen LogP) is 3.16. The molecule has 0 atom stereocenters. The summed E-state index contributed by atoms with van der Waals surface area (Å²) in [5.41, 5.74) is 6.60. The Morgan fingerprint density at radius 1 is 1.06 bits per heavy atom. The lowest BCUT2D eigenvalue weighted by atomic mass is 10.1. The number of ether oxygens (including phenoxy) is 1. The van der Waals surface area contributed by atoms with Gasteiger partial charge in [0.25, 0.3) is 11.8 Å². The molecule has 4 aromatic rings. The van der Waals surface area contributed by atoms with Crippen molar-refractivity contribution >= 4 is 34.2 Å². The van der Waals surface area contributed by atoms with Gasteiger partial charge in [0.2, 0.25) is 0 Å². The molecule has 0 unspecified atom stereocenters. The number of para-hydroxylation sites is 1. The number of benzene rings is 2. The monoisotopic (exact) mass is 444 g/mol. The molecule has 2 heterocycles. The van der Waals surface area contributed by atoms with Crippen LogP contribution in [0.25, 0.3) is 11.0 Å². The molecule has 0 aliphatic heterocycles. The zero-order valence-corrected chi connectivity index (χ0v) is 17.6. The van der Waals surface area contributed by atoms with Crippen LogP contribution in [0, 0.1) is 0 Å². The highest BCUT2D eigenvalue weighted by molar-refractivity contribution is 6.08. The summed E-state index contributed by atoms with van der Waals surface area (Å²) in [4.78, 5) is 41.0. The number of hydrogen-bond donors (Lipinski definition) is 3. The number of carbonyl (C=O) groups excluding carboxylic acids is 2. The lowest BCUT2D eigenvalue weighted by molar-refractivity contribution is 0.0992. The Morgan fingerprint density at radius 2 is 1.88 bits per heavy atom. The Kier molecular flexibility index (Phi) is 6.03. The lowest BCUT2D eigenvalue weighted by Crippen LogP contribution is -2.20. The number of nitrogens with zero attached hydrogens (tertiary/aromatic N) is 1. The topological polar surface area (TPSA) is 137 Å². The normalized spacial score (nSPS) is 10.6. The number of anilines is 2. The summed E-state index contributed by atoms with van der Waals surface area (Å²) >= 11 is 0. The van der Waals surface area contributed by atoms with Gasteiger partial charge in [-0.2, -0.15) is 0 Å². The van der Waals surface area contributed by atoms with Crippen molar-refractivity contribution in [3.8, 4) is 5.75 Å². The third-order valence-corrected chi connectivity index (χ3v) is 4.96. The zero-order chi connectivity index (χ0) is 23.4. The number of methoxy groups -OCH3 is 1. The molecule has 4 N–H and O–H groups in total. The van der Waals surface area contributed by atoms with E-state index in [1.807, 2.05) is 0 Å². The quantitative estimate of drug-likeness (QED) is 0.372. The Balaban J connectivity index is 1.57. The molecular formula is C24H20N4O5. The second kappa shape index (κ2) is 9.23. The SMILES string of the molecule is COc1ccc2cc(NC(=O)c3ccccc3NCc3cccnc3C(N)=O)c(=O)oc2c1. The number of pyridine rings is 1. The van der Waals surface area contributed by atoms with Crippen molar-refractivity contribution in [2.45, 2.75) is 6.54 Å². The van der Waals surface area contributed by atoms with Crippen LogP contribution >= 0.6 is 0 Å². The molecule has 0 aliphatic carbocycles. The molecule has 2 aromatic heterocycles. The van der Waals surface area contributed by atoms with Crippen molar-refractivity contribution in [1.29, 1.82) is 0 Å². The van der Waals surface area contributed by atoms with Gasteiger partial charge in [-0.3, -0.25) is 14.6 Å². The molecule has 4 rings (SSSR count). The molecule has 9 nitrogen and oxygen atoms in total. The van der Waals surface area contributed by atoms with Crippen LogP contribution in [-0.4, -0.2) is 23.9 Å². The number of amides is 2. The third-order valence-electron chi connectivity index (χ3n) is 4.96. The van der Waals surface area contributed by atoms with E-state index in [9.17, 15) is 14.4 Å². The molecule has 0 bridgehead atoms. The molecule has 0 fully saturated rings. The number of fused-ring (bicyclic) bond motifs is 1. The Hall–Kier alpha value is -4.66. The molecule has 2 amide bonds. The van der Waals surface area contributed by atoms with E-state index in [-0.39, 0.29) is 17.9 Å².